The van der Waals surface area contributed by atoms with Crippen LogP contribution < -0.4 is 5.73 Å². The molecule has 0 saturated heterocycles. The second kappa shape index (κ2) is 6.54. The molecule has 0 bridgehead atoms. The number of nitrogens with two attached hydrogens (primary N) is 1. The molecule has 0 unspecified atom stereocenters. The zero-order valence-electron chi connectivity index (χ0n) is 11.7. The highest BCUT2D eigenvalue weighted by molar-refractivity contribution is 5.69. The molecule has 5 nitrogen and oxygen atoms in total. The van der Waals surface area contributed by atoms with E-state index in [-0.39, 0.29) is 18.7 Å². The van der Waals surface area contributed by atoms with Crippen molar-refractivity contribution in [3.63, 3.8) is 0 Å². The van der Waals surface area contributed by atoms with Gasteiger partial charge >= 0.3 is 6.09 Å². The molecule has 0 saturated carbocycles. The molecule has 108 valence electrons. The van der Waals surface area contributed by atoms with Crippen molar-refractivity contribution in [1.82, 2.24) is 4.90 Å². The minimum atomic E-state index is -0.437. The second-order valence-corrected chi connectivity index (χ2v) is 4.78. The summed E-state index contributed by atoms with van der Waals surface area (Å²) in [7, 11) is 1.55. The van der Waals surface area contributed by atoms with Gasteiger partial charge in [0.1, 0.15) is 6.61 Å². The van der Waals surface area contributed by atoms with Crippen LogP contribution in [0.4, 0.5) is 4.79 Å². The van der Waals surface area contributed by atoms with E-state index in [1.807, 2.05) is 43.3 Å². The highest BCUT2D eigenvalue weighted by Gasteiger charge is 2.34. The molecule has 1 amide bonds. The van der Waals surface area contributed by atoms with Crippen molar-refractivity contribution in [3.8, 4) is 0 Å². The number of carbonyl (C=O) groups is 1. The number of ether oxygens (including phenoxy) is 2. The Morgan fingerprint density at radius 3 is 2.65 bits per heavy atom. The maximum Gasteiger partial charge on any atom is 0.412 e. The number of benzene rings is 1. The first-order valence-corrected chi connectivity index (χ1v) is 6.59. The Balaban J connectivity index is 2.01. The van der Waals surface area contributed by atoms with Crippen LogP contribution in [0.5, 0.6) is 0 Å². The van der Waals surface area contributed by atoms with Crippen LogP contribution >= 0.6 is 0 Å². The van der Waals surface area contributed by atoms with Crippen molar-refractivity contribution in [2.75, 3.05) is 7.11 Å². The molecule has 1 aliphatic rings. The van der Waals surface area contributed by atoms with E-state index in [0.29, 0.717) is 0 Å². The average Bonchev–Trinajstić information content (AvgIpc) is 2.48. The zero-order chi connectivity index (χ0) is 14.5. The summed E-state index contributed by atoms with van der Waals surface area (Å²) in [6.45, 7) is 2.11. The zero-order valence-corrected chi connectivity index (χ0v) is 11.7. The van der Waals surface area contributed by atoms with Gasteiger partial charge in [-0.05, 0) is 18.6 Å². The maximum atomic E-state index is 12.2. The number of methoxy groups -OCH3 is 1. The second-order valence-electron chi connectivity index (χ2n) is 4.78. The van der Waals surface area contributed by atoms with Gasteiger partial charge in [0.25, 0.3) is 0 Å². The number of carbonyl (C=O) groups excluding carboxylic acids is 1. The van der Waals surface area contributed by atoms with Crippen LogP contribution in [-0.4, -0.2) is 36.4 Å². The van der Waals surface area contributed by atoms with E-state index >= 15 is 0 Å². The third-order valence-corrected chi connectivity index (χ3v) is 3.43. The number of amides is 1. The maximum absolute atomic E-state index is 12.2. The van der Waals surface area contributed by atoms with Crippen molar-refractivity contribution in [1.29, 1.82) is 0 Å². The summed E-state index contributed by atoms with van der Waals surface area (Å²) in [5.74, 6) is 0. The lowest BCUT2D eigenvalue weighted by atomic mass is 10.0. The van der Waals surface area contributed by atoms with Gasteiger partial charge < -0.3 is 15.2 Å². The SMILES string of the molecule is CO[C@H]1C=C[C@@H](N)[C@@H](C)N1C(=O)OCc1ccccc1. The predicted molar refractivity (Wildman–Crippen MR) is 75.8 cm³/mol. The van der Waals surface area contributed by atoms with E-state index in [9.17, 15) is 4.79 Å². The van der Waals surface area contributed by atoms with E-state index in [1.54, 1.807) is 13.2 Å². The fraction of sp³-hybridized carbons (Fsp3) is 0.400. The number of hydrogen-bond acceptors (Lipinski definition) is 4. The highest BCUT2D eigenvalue weighted by atomic mass is 16.6. The molecule has 2 rings (SSSR count). The Labute approximate surface area is 119 Å². The van der Waals surface area contributed by atoms with E-state index in [0.717, 1.165) is 5.56 Å². The fourth-order valence-electron chi connectivity index (χ4n) is 2.15. The van der Waals surface area contributed by atoms with Gasteiger partial charge in [0.05, 0.1) is 6.04 Å². The summed E-state index contributed by atoms with van der Waals surface area (Å²) >= 11 is 0. The summed E-state index contributed by atoms with van der Waals surface area (Å²) in [5, 5.41) is 0. The smallest absolute Gasteiger partial charge is 0.412 e. The normalized spacial score (nSPS) is 25.6. The summed E-state index contributed by atoms with van der Waals surface area (Å²) in [6.07, 6.45) is 2.76. The van der Waals surface area contributed by atoms with Crippen LogP contribution in [-0.2, 0) is 16.1 Å². The Hall–Kier alpha value is -1.85. The Kier molecular flexibility index (Phi) is 4.76. The lowest BCUT2D eigenvalue weighted by molar-refractivity contribution is -0.0281. The minimum absolute atomic E-state index is 0.173. The first-order valence-electron chi connectivity index (χ1n) is 6.59. The van der Waals surface area contributed by atoms with Crippen LogP contribution in [0.2, 0.25) is 0 Å². The molecule has 0 aromatic heterocycles. The van der Waals surface area contributed by atoms with Gasteiger partial charge in [-0.2, -0.15) is 0 Å². The summed E-state index contributed by atoms with van der Waals surface area (Å²) in [5.41, 5.74) is 6.88. The van der Waals surface area contributed by atoms with Crippen LogP contribution in [0.3, 0.4) is 0 Å². The Bertz CT molecular complexity index is 475. The van der Waals surface area contributed by atoms with Crippen molar-refractivity contribution in [2.45, 2.75) is 31.8 Å². The molecule has 0 fully saturated rings. The summed E-state index contributed by atoms with van der Waals surface area (Å²) in [4.78, 5) is 13.8. The predicted octanol–water partition coefficient (Wildman–Crippen LogP) is 1.88. The molecular formula is C15H20N2O3. The molecular weight excluding hydrogens is 256 g/mol. The number of rotatable bonds is 3. The molecule has 1 heterocycles. The van der Waals surface area contributed by atoms with Crippen molar-refractivity contribution in [2.24, 2.45) is 5.73 Å². The Morgan fingerprint density at radius 2 is 2.00 bits per heavy atom. The quantitative estimate of drug-likeness (QED) is 0.856. The molecule has 0 aliphatic carbocycles. The third-order valence-electron chi connectivity index (χ3n) is 3.43. The number of nitrogens with zero attached hydrogens (tertiary/aromatic N) is 1. The molecule has 3 atom stereocenters. The van der Waals surface area contributed by atoms with Crippen molar-refractivity contribution in [3.05, 3.63) is 48.0 Å². The van der Waals surface area contributed by atoms with Gasteiger partial charge in [-0.3, -0.25) is 4.90 Å². The van der Waals surface area contributed by atoms with Crippen LogP contribution in [0.1, 0.15) is 12.5 Å². The fourth-order valence-corrected chi connectivity index (χ4v) is 2.15. The van der Waals surface area contributed by atoms with Gasteiger partial charge in [0, 0.05) is 13.2 Å². The van der Waals surface area contributed by atoms with E-state index < -0.39 is 12.3 Å². The van der Waals surface area contributed by atoms with Gasteiger partial charge in [0.15, 0.2) is 6.23 Å². The lowest BCUT2D eigenvalue weighted by Crippen LogP contribution is -2.55. The highest BCUT2D eigenvalue weighted by Crippen LogP contribution is 2.18. The van der Waals surface area contributed by atoms with E-state index in [4.69, 9.17) is 15.2 Å². The monoisotopic (exact) mass is 276 g/mol. The van der Waals surface area contributed by atoms with Gasteiger partial charge in [-0.1, -0.05) is 36.4 Å². The van der Waals surface area contributed by atoms with Gasteiger partial charge in [-0.25, -0.2) is 4.79 Å². The third kappa shape index (κ3) is 3.18. The van der Waals surface area contributed by atoms with Crippen LogP contribution in [0.15, 0.2) is 42.5 Å². The minimum Gasteiger partial charge on any atom is -0.444 e. The first-order chi connectivity index (χ1) is 9.63. The van der Waals surface area contributed by atoms with Gasteiger partial charge in [0.2, 0.25) is 0 Å². The standard InChI is InChI=1S/C15H20N2O3/c1-11-13(16)8-9-14(19-2)17(11)15(18)20-10-12-6-4-3-5-7-12/h3-9,11,13-14H,10,16H2,1-2H3/t11-,13-,14+/m1/s1. The molecule has 1 aromatic carbocycles. The van der Waals surface area contributed by atoms with Crippen molar-refractivity contribution < 1.29 is 14.3 Å². The molecule has 1 aliphatic heterocycles. The molecule has 0 radical (unpaired) electrons. The summed E-state index contributed by atoms with van der Waals surface area (Å²) < 4.78 is 10.6. The van der Waals surface area contributed by atoms with Crippen molar-refractivity contribution >= 4 is 6.09 Å². The largest absolute Gasteiger partial charge is 0.444 e. The molecule has 0 spiro atoms. The van der Waals surface area contributed by atoms with E-state index in [2.05, 4.69) is 0 Å². The molecule has 2 N–H and O–H groups in total. The number of hydrogen-bond donors (Lipinski definition) is 1. The van der Waals surface area contributed by atoms with E-state index in [1.165, 1.54) is 4.90 Å². The lowest BCUT2D eigenvalue weighted by Gasteiger charge is -2.38. The van der Waals surface area contributed by atoms with Gasteiger partial charge in [-0.15, -0.1) is 0 Å². The topological polar surface area (TPSA) is 64.8 Å². The molecule has 5 heteroatoms. The first kappa shape index (κ1) is 14.6. The average molecular weight is 276 g/mol. The van der Waals surface area contributed by atoms with Crippen LogP contribution in [0.25, 0.3) is 0 Å². The molecule has 1 aromatic rings. The summed E-state index contributed by atoms with van der Waals surface area (Å²) in [6, 6.07) is 9.16. The molecule has 20 heavy (non-hydrogen) atoms. The van der Waals surface area contributed by atoms with Crippen LogP contribution in [0, 0.1) is 0 Å². The Morgan fingerprint density at radius 1 is 1.30 bits per heavy atom.